The van der Waals surface area contributed by atoms with Crippen LogP contribution in [0.3, 0.4) is 0 Å². The Labute approximate surface area is 169 Å². The van der Waals surface area contributed by atoms with Gasteiger partial charge in [-0.3, -0.25) is 9.78 Å². The molecular formula is C21H20N4O3S. The van der Waals surface area contributed by atoms with Gasteiger partial charge in [0.1, 0.15) is 5.82 Å². The number of hydrogen-bond donors (Lipinski definition) is 1. The van der Waals surface area contributed by atoms with E-state index in [2.05, 4.69) is 15.3 Å². The fourth-order valence-electron chi connectivity index (χ4n) is 2.48. The van der Waals surface area contributed by atoms with E-state index in [0.717, 1.165) is 5.56 Å². The molecule has 0 atom stereocenters. The first-order valence-electron chi connectivity index (χ1n) is 8.74. The number of benzene rings is 1. The minimum Gasteiger partial charge on any atom is -0.363 e. The normalized spacial score (nSPS) is 11.4. The van der Waals surface area contributed by atoms with Crippen LogP contribution in [-0.4, -0.2) is 38.4 Å². The van der Waals surface area contributed by atoms with Gasteiger partial charge in [-0.05, 0) is 54.1 Å². The van der Waals surface area contributed by atoms with Crippen molar-refractivity contribution in [1.82, 2.24) is 9.97 Å². The van der Waals surface area contributed by atoms with Crippen LogP contribution in [0.4, 0.5) is 11.5 Å². The molecule has 3 rings (SSSR count). The second-order valence-electron chi connectivity index (χ2n) is 6.38. The predicted molar refractivity (Wildman–Crippen MR) is 112 cm³/mol. The van der Waals surface area contributed by atoms with Crippen molar-refractivity contribution in [2.24, 2.45) is 0 Å². The number of pyridine rings is 2. The number of sulfone groups is 1. The van der Waals surface area contributed by atoms with Gasteiger partial charge in [0.15, 0.2) is 0 Å². The molecule has 0 spiro atoms. The van der Waals surface area contributed by atoms with Crippen molar-refractivity contribution >= 4 is 33.3 Å². The van der Waals surface area contributed by atoms with Gasteiger partial charge in [0.25, 0.3) is 0 Å². The maximum atomic E-state index is 12.7. The van der Waals surface area contributed by atoms with Crippen molar-refractivity contribution in [3.05, 3.63) is 78.8 Å². The number of amides is 1. The minimum absolute atomic E-state index is 0.110. The molecule has 29 heavy (non-hydrogen) atoms. The van der Waals surface area contributed by atoms with Crippen LogP contribution >= 0.6 is 0 Å². The first-order valence-corrected chi connectivity index (χ1v) is 10.2. The summed E-state index contributed by atoms with van der Waals surface area (Å²) in [5.74, 6) is 0.342. The third-order valence-electron chi connectivity index (χ3n) is 4.03. The first-order chi connectivity index (χ1) is 13.9. The van der Waals surface area contributed by atoms with Gasteiger partial charge in [-0.15, -0.1) is 0 Å². The summed E-state index contributed by atoms with van der Waals surface area (Å²) in [5, 5.41) is 2.69. The van der Waals surface area contributed by atoms with Crippen molar-refractivity contribution in [3.63, 3.8) is 0 Å². The molecule has 3 aromatic rings. The largest absolute Gasteiger partial charge is 0.363 e. The highest BCUT2D eigenvalue weighted by Crippen LogP contribution is 2.23. The number of aromatic nitrogens is 2. The fourth-order valence-corrected chi connectivity index (χ4v) is 3.69. The highest BCUT2D eigenvalue weighted by Gasteiger charge is 2.18. The van der Waals surface area contributed by atoms with Crippen LogP contribution in [0.15, 0.2) is 83.0 Å². The molecule has 148 valence electrons. The monoisotopic (exact) mass is 408 g/mol. The summed E-state index contributed by atoms with van der Waals surface area (Å²) in [5.41, 5.74) is 1.30. The van der Waals surface area contributed by atoms with Gasteiger partial charge < -0.3 is 10.2 Å². The summed E-state index contributed by atoms with van der Waals surface area (Å²) in [6.07, 6.45) is 7.66. The summed E-state index contributed by atoms with van der Waals surface area (Å²) in [6.45, 7) is 0. The highest BCUT2D eigenvalue weighted by molar-refractivity contribution is 7.91. The molecule has 1 N–H and O–H groups in total. The van der Waals surface area contributed by atoms with E-state index in [9.17, 15) is 13.2 Å². The summed E-state index contributed by atoms with van der Waals surface area (Å²) in [7, 11) is -0.0299. The Morgan fingerprint density at radius 3 is 2.31 bits per heavy atom. The maximum absolute atomic E-state index is 12.7. The van der Waals surface area contributed by atoms with Gasteiger partial charge in [-0.1, -0.05) is 6.07 Å². The summed E-state index contributed by atoms with van der Waals surface area (Å²) in [6, 6.07) is 12.8. The molecular weight excluding hydrogens is 388 g/mol. The average molecular weight is 408 g/mol. The number of anilines is 2. The van der Waals surface area contributed by atoms with E-state index in [-0.39, 0.29) is 15.7 Å². The average Bonchev–Trinajstić information content (AvgIpc) is 2.73. The molecule has 8 heteroatoms. The van der Waals surface area contributed by atoms with Crippen molar-refractivity contribution in [3.8, 4) is 0 Å². The number of hydrogen-bond acceptors (Lipinski definition) is 6. The number of carbonyl (C=O) groups excluding carboxylic acids is 1. The van der Waals surface area contributed by atoms with Crippen molar-refractivity contribution in [2.75, 3.05) is 24.3 Å². The first kappa shape index (κ1) is 20.2. The number of nitrogens with one attached hydrogen (secondary N) is 1. The van der Waals surface area contributed by atoms with Gasteiger partial charge in [0, 0.05) is 44.4 Å². The van der Waals surface area contributed by atoms with Gasteiger partial charge >= 0.3 is 0 Å². The summed E-state index contributed by atoms with van der Waals surface area (Å²) in [4.78, 5) is 22.2. The van der Waals surface area contributed by atoms with Crippen LogP contribution in [0.25, 0.3) is 6.08 Å². The molecule has 1 amide bonds. The number of carbonyl (C=O) groups is 1. The minimum atomic E-state index is -3.69. The molecule has 0 bridgehead atoms. The van der Waals surface area contributed by atoms with Gasteiger partial charge in [-0.25, -0.2) is 13.4 Å². The Morgan fingerprint density at radius 1 is 1.00 bits per heavy atom. The maximum Gasteiger partial charge on any atom is 0.248 e. The zero-order valence-corrected chi connectivity index (χ0v) is 16.8. The van der Waals surface area contributed by atoms with Crippen LogP contribution in [0, 0.1) is 0 Å². The van der Waals surface area contributed by atoms with E-state index in [0.29, 0.717) is 11.5 Å². The number of nitrogens with zero attached hydrogens (tertiary/aromatic N) is 3. The summed E-state index contributed by atoms with van der Waals surface area (Å²) >= 11 is 0. The molecule has 0 saturated heterocycles. The SMILES string of the molecule is CN(C)c1ccc(S(=O)(=O)c2ccc(NC(=O)/C=C/c3cccnc3)cc2)cn1. The van der Waals surface area contributed by atoms with Crippen LogP contribution in [0.2, 0.25) is 0 Å². The third kappa shape index (κ3) is 5.05. The molecule has 0 aliphatic heterocycles. The fraction of sp³-hybridized carbons (Fsp3) is 0.0952. The smallest absolute Gasteiger partial charge is 0.248 e. The highest BCUT2D eigenvalue weighted by atomic mass is 32.2. The zero-order chi connectivity index (χ0) is 20.9. The van der Waals surface area contributed by atoms with Gasteiger partial charge in [0.05, 0.1) is 9.79 Å². The molecule has 2 heterocycles. The quantitative estimate of drug-likeness (QED) is 0.631. The topological polar surface area (TPSA) is 92.3 Å². The van der Waals surface area contributed by atoms with Crippen LogP contribution < -0.4 is 10.2 Å². The standard InChI is InChI=1S/C21H20N4O3S/c1-25(2)20-11-10-19(15-23-20)29(27,28)18-8-6-17(7-9-18)24-21(26)12-5-16-4-3-13-22-14-16/h3-15H,1-2H3,(H,24,26)/b12-5+. The lowest BCUT2D eigenvalue weighted by atomic mass is 10.2. The van der Waals surface area contributed by atoms with E-state index in [1.54, 1.807) is 47.6 Å². The molecule has 0 unspecified atom stereocenters. The predicted octanol–water partition coefficient (Wildman–Crippen LogP) is 3.03. The van der Waals surface area contributed by atoms with Crippen molar-refractivity contribution in [2.45, 2.75) is 9.79 Å². The molecule has 0 saturated carbocycles. The number of rotatable bonds is 6. The lowest BCUT2D eigenvalue weighted by Gasteiger charge is -2.11. The second-order valence-corrected chi connectivity index (χ2v) is 8.33. The molecule has 2 aromatic heterocycles. The molecule has 0 aliphatic rings. The zero-order valence-electron chi connectivity index (χ0n) is 16.0. The van der Waals surface area contributed by atoms with Gasteiger partial charge in [0.2, 0.25) is 15.7 Å². The second kappa shape index (κ2) is 8.66. The summed E-state index contributed by atoms with van der Waals surface area (Å²) < 4.78 is 25.5. The van der Waals surface area contributed by atoms with Gasteiger partial charge in [-0.2, -0.15) is 0 Å². The van der Waals surface area contributed by atoms with Crippen LogP contribution in [0.5, 0.6) is 0 Å². The molecule has 0 aliphatic carbocycles. The van der Waals surface area contributed by atoms with E-state index in [1.165, 1.54) is 30.5 Å². The Morgan fingerprint density at radius 2 is 1.72 bits per heavy atom. The Hall–Kier alpha value is -3.52. The third-order valence-corrected chi connectivity index (χ3v) is 5.79. The van der Waals surface area contributed by atoms with Crippen molar-refractivity contribution in [1.29, 1.82) is 0 Å². The lowest BCUT2D eigenvalue weighted by Crippen LogP contribution is -2.11. The van der Waals surface area contributed by atoms with E-state index in [4.69, 9.17) is 0 Å². The Balaban J connectivity index is 1.70. The van der Waals surface area contributed by atoms with E-state index in [1.807, 2.05) is 20.2 Å². The lowest BCUT2D eigenvalue weighted by molar-refractivity contribution is -0.111. The van der Waals surface area contributed by atoms with Crippen LogP contribution in [-0.2, 0) is 14.6 Å². The van der Waals surface area contributed by atoms with E-state index < -0.39 is 9.84 Å². The molecule has 0 fully saturated rings. The molecule has 0 radical (unpaired) electrons. The Kier molecular flexibility index (Phi) is 6.04. The van der Waals surface area contributed by atoms with Crippen LogP contribution in [0.1, 0.15) is 5.56 Å². The molecule has 7 nitrogen and oxygen atoms in total. The van der Waals surface area contributed by atoms with Crippen molar-refractivity contribution < 1.29 is 13.2 Å². The Bertz CT molecular complexity index is 1110. The molecule has 1 aromatic carbocycles. The van der Waals surface area contributed by atoms with E-state index >= 15 is 0 Å².